The molecule has 0 aliphatic heterocycles. The Bertz CT molecular complexity index is 589. The van der Waals surface area contributed by atoms with Crippen LogP contribution in [-0.4, -0.2) is 10.1 Å². The third-order valence-electron chi connectivity index (χ3n) is 4.97. The largest absolute Gasteiger partial charge is 0.385 e. The Labute approximate surface area is 114 Å². The average molecular weight is 255 g/mol. The zero-order valence-corrected chi connectivity index (χ0v) is 11.6. The number of benzene rings is 1. The van der Waals surface area contributed by atoms with Gasteiger partial charge in [0.25, 0.3) is 0 Å². The molecule has 2 aromatic rings. The molecular weight excluding hydrogens is 234 g/mol. The van der Waals surface area contributed by atoms with E-state index in [9.17, 15) is 5.11 Å². The number of aromatic nitrogens is 1. The molecule has 3 atom stereocenters. The van der Waals surface area contributed by atoms with Crippen molar-refractivity contribution in [2.75, 3.05) is 0 Å². The van der Waals surface area contributed by atoms with E-state index in [4.69, 9.17) is 0 Å². The van der Waals surface area contributed by atoms with Crippen molar-refractivity contribution < 1.29 is 5.11 Å². The second kappa shape index (κ2) is 4.61. The first-order chi connectivity index (χ1) is 9.13. The molecule has 3 rings (SSSR count). The van der Waals surface area contributed by atoms with Crippen LogP contribution >= 0.6 is 0 Å². The van der Waals surface area contributed by atoms with Crippen LogP contribution in [0.25, 0.3) is 10.8 Å². The van der Waals surface area contributed by atoms with Gasteiger partial charge in [0, 0.05) is 17.8 Å². The van der Waals surface area contributed by atoms with Gasteiger partial charge in [-0.2, -0.15) is 0 Å². The van der Waals surface area contributed by atoms with E-state index < -0.39 is 5.60 Å². The van der Waals surface area contributed by atoms with E-state index in [1.807, 2.05) is 24.5 Å². The summed E-state index contributed by atoms with van der Waals surface area (Å²) >= 11 is 0. The van der Waals surface area contributed by atoms with Gasteiger partial charge in [0.2, 0.25) is 0 Å². The van der Waals surface area contributed by atoms with Gasteiger partial charge in [-0.05, 0) is 41.7 Å². The molecule has 1 N–H and O–H groups in total. The lowest BCUT2D eigenvalue weighted by molar-refractivity contribution is -0.0676. The summed E-state index contributed by atoms with van der Waals surface area (Å²) in [7, 11) is 0. The number of hydrogen-bond acceptors (Lipinski definition) is 2. The molecule has 1 aliphatic carbocycles. The molecule has 1 fully saturated rings. The van der Waals surface area contributed by atoms with Crippen molar-refractivity contribution in [3.8, 4) is 0 Å². The van der Waals surface area contributed by atoms with E-state index >= 15 is 0 Å². The van der Waals surface area contributed by atoms with Crippen LogP contribution in [0.3, 0.4) is 0 Å². The van der Waals surface area contributed by atoms with Crippen LogP contribution in [0, 0.1) is 11.8 Å². The molecule has 1 aliphatic rings. The van der Waals surface area contributed by atoms with Crippen molar-refractivity contribution in [3.63, 3.8) is 0 Å². The standard InChI is InChI=1S/C17H21NO/c1-12-5-4-9-17(19,13(12)2)16-7-3-6-14-8-10-18-11-15(14)16/h3,6-8,10-13,19H,4-5,9H2,1-2H3. The predicted molar refractivity (Wildman–Crippen MR) is 77.8 cm³/mol. The second-order valence-corrected chi connectivity index (χ2v) is 5.98. The molecule has 1 heterocycles. The smallest absolute Gasteiger partial charge is 0.0931 e. The summed E-state index contributed by atoms with van der Waals surface area (Å²) in [5, 5.41) is 13.5. The van der Waals surface area contributed by atoms with Gasteiger partial charge < -0.3 is 5.11 Å². The van der Waals surface area contributed by atoms with Gasteiger partial charge in [0.1, 0.15) is 0 Å². The van der Waals surface area contributed by atoms with Crippen LogP contribution in [0.4, 0.5) is 0 Å². The number of hydrogen-bond donors (Lipinski definition) is 1. The van der Waals surface area contributed by atoms with Crippen LogP contribution in [0.15, 0.2) is 36.7 Å². The highest BCUT2D eigenvalue weighted by molar-refractivity contribution is 5.85. The molecule has 2 heteroatoms. The highest BCUT2D eigenvalue weighted by atomic mass is 16.3. The summed E-state index contributed by atoms with van der Waals surface area (Å²) in [5.41, 5.74) is 0.345. The molecule has 0 bridgehead atoms. The molecular formula is C17H21NO. The number of rotatable bonds is 1. The molecule has 19 heavy (non-hydrogen) atoms. The van der Waals surface area contributed by atoms with Crippen LogP contribution in [0.1, 0.15) is 38.7 Å². The number of aliphatic hydroxyl groups is 1. The van der Waals surface area contributed by atoms with Crippen LogP contribution < -0.4 is 0 Å². The highest BCUT2D eigenvalue weighted by Gasteiger charge is 2.41. The highest BCUT2D eigenvalue weighted by Crippen LogP contribution is 2.46. The first-order valence-corrected chi connectivity index (χ1v) is 7.18. The van der Waals surface area contributed by atoms with Gasteiger partial charge in [-0.3, -0.25) is 4.98 Å². The fraction of sp³-hybridized carbons (Fsp3) is 0.471. The molecule has 0 spiro atoms. The molecule has 1 aromatic heterocycles. The van der Waals surface area contributed by atoms with E-state index in [0.29, 0.717) is 5.92 Å². The minimum Gasteiger partial charge on any atom is -0.385 e. The Kier molecular flexibility index (Phi) is 3.06. The number of pyridine rings is 1. The minimum absolute atomic E-state index is 0.284. The topological polar surface area (TPSA) is 33.1 Å². The van der Waals surface area contributed by atoms with Crippen molar-refractivity contribution in [3.05, 3.63) is 42.2 Å². The summed E-state index contributed by atoms with van der Waals surface area (Å²) in [6.07, 6.45) is 6.86. The summed E-state index contributed by atoms with van der Waals surface area (Å²) in [5.74, 6) is 0.845. The molecule has 0 radical (unpaired) electrons. The zero-order chi connectivity index (χ0) is 13.5. The predicted octanol–water partition coefficient (Wildman–Crippen LogP) is 3.88. The molecule has 1 saturated carbocycles. The SMILES string of the molecule is CC1CCCC(O)(c2cccc3ccncc23)C1C. The van der Waals surface area contributed by atoms with Crippen LogP contribution in [0.5, 0.6) is 0 Å². The van der Waals surface area contributed by atoms with E-state index in [2.05, 4.69) is 31.0 Å². The van der Waals surface area contributed by atoms with Gasteiger partial charge in [0.05, 0.1) is 5.60 Å². The van der Waals surface area contributed by atoms with Crippen LogP contribution in [-0.2, 0) is 5.60 Å². The number of fused-ring (bicyclic) bond motifs is 1. The van der Waals surface area contributed by atoms with Crippen molar-refractivity contribution in [1.82, 2.24) is 4.98 Å². The van der Waals surface area contributed by atoms with Crippen molar-refractivity contribution in [1.29, 1.82) is 0 Å². The Hall–Kier alpha value is -1.41. The maximum Gasteiger partial charge on any atom is 0.0931 e. The first kappa shape index (κ1) is 12.6. The normalized spacial score (nSPS) is 31.5. The lowest BCUT2D eigenvalue weighted by atomic mass is 9.67. The van der Waals surface area contributed by atoms with E-state index in [1.165, 1.54) is 6.42 Å². The maximum atomic E-state index is 11.3. The monoisotopic (exact) mass is 255 g/mol. The Balaban J connectivity index is 2.18. The van der Waals surface area contributed by atoms with Gasteiger partial charge >= 0.3 is 0 Å². The molecule has 0 amide bonds. The lowest BCUT2D eigenvalue weighted by Gasteiger charge is -2.42. The second-order valence-electron chi connectivity index (χ2n) is 5.98. The van der Waals surface area contributed by atoms with Crippen molar-refractivity contribution >= 4 is 10.8 Å². The quantitative estimate of drug-likeness (QED) is 0.839. The third kappa shape index (κ3) is 1.95. The average Bonchev–Trinajstić information content (AvgIpc) is 2.44. The molecule has 0 saturated heterocycles. The van der Waals surface area contributed by atoms with E-state index in [0.717, 1.165) is 29.2 Å². The van der Waals surface area contributed by atoms with E-state index in [1.54, 1.807) is 0 Å². The van der Waals surface area contributed by atoms with Crippen molar-refractivity contribution in [2.24, 2.45) is 11.8 Å². The van der Waals surface area contributed by atoms with Gasteiger partial charge in [0.15, 0.2) is 0 Å². The Morgan fingerprint density at radius 3 is 2.95 bits per heavy atom. The van der Waals surface area contributed by atoms with Gasteiger partial charge in [-0.1, -0.05) is 38.5 Å². The summed E-state index contributed by atoms with van der Waals surface area (Å²) in [4.78, 5) is 4.23. The first-order valence-electron chi connectivity index (χ1n) is 7.18. The Morgan fingerprint density at radius 1 is 1.26 bits per heavy atom. The fourth-order valence-electron chi connectivity index (χ4n) is 3.51. The van der Waals surface area contributed by atoms with Gasteiger partial charge in [-0.15, -0.1) is 0 Å². The third-order valence-corrected chi connectivity index (χ3v) is 4.97. The summed E-state index contributed by atoms with van der Waals surface area (Å²) < 4.78 is 0. The number of nitrogens with zero attached hydrogens (tertiary/aromatic N) is 1. The van der Waals surface area contributed by atoms with Crippen LogP contribution in [0.2, 0.25) is 0 Å². The lowest BCUT2D eigenvalue weighted by Crippen LogP contribution is -2.40. The zero-order valence-electron chi connectivity index (χ0n) is 11.6. The fourth-order valence-corrected chi connectivity index (χ4v) is 3.51. The summed E-state index contributed by atoms with van der Waals surface area (Å²) in [6, 6.07) is 8.21. The van der Waals surface area contributed by atoms with Crippen molar-refractivity contribution in [2.45, 2.75) is 38.7 Å². The molecule has 2 nitrogen and oxygen atoms in total. The molecule has 1 aromatic carbocycles. The van der Waals surface area contributed by atoms with E-state index in [-0.39, 0.29) is 5.92 Å². The Morgan fingerprint density at radius 2 is 2.11 bits per heavy atom. The van der Waals surface area contributed by atoms with Gasteiger partial charge in [-0.25, -0.2) is 0 Å². The minimum atomic E-state index is -0.708. The molecule has 100 valence electrons. The summed E-state index contributed by atoms with van der Waals surface area (Å²) in [6.45, 7) is 4.43. The maximum absolute atomic E-state index is 11.3. The molecule has 3 unspecified atom stereocenters.